The minimum Gasteiger partial charge on any atom is -0.465 e. The van der Waals surface area contributed by atoms with Crippen molar-refractivity contribution in [2.24, 2.45) is 5.41 Å². The zero-order valence-electron chi connectivity index (χ0n) is 17.3. The molecule has 3 rings (SSSR count). The van der Waals surface area contributed by atoms with Crippen LogP contribution < -0.4 is 0 Å². The van der Waals surface area contributed by atoms with Gasteiger partial charge in [-0.15, -0.1) is 11.3 Å². The van der Waals surface area contributed by atoms with E-state index in [2.05, 4.69) is 4.98 Å². The van der Waals surface area contributed by atoms with Gasteiger partial charge in [-0.05, 0) is 40.6 Å². The van der Waals surface area contributed by atoms with Crippen molar-refractivity contribution in [3.63, 3.8) is 0 Å². The number of thiophene rings is 1. The average Bonchev–Trinajstić information content (AvgIpc) is 3.37. The Bertz CT molecular complexity index is 1230. The van der Waals surface area contributed by atoms with Gasteiger partial charge in [0.2, 0.25) is 0 Å². The summed E-state index contributed by atoms with van der Waals surface area (Å²) in [4.78, 5) is 17.1. The molecule has 0 spiro atoms. The van der Waals surface area contributed by atoms with Gasteiger partial charge in [-0.2, -0.15) is 13.7 Å². The monoisotopic (exact) mass is 458 g/mol. The predicted octanol–water partition coefficient (Wildman–Crippen LogP) is 4.25. The fourth-order valence-electron chi connectivity index (χ4n) is 3.17. The van der Waals surface area contributed by atoms with Crippen LogP contribution in [0.25, 0.3) is 11.3 Å². The van der Waals surface area contributed by atoms with E-state index in [1.807, 2.05) is 26.8 Å². The highest BCUT2D eigenvalue weighted by Gasteiger charge is 2.26. The highest BCUT2D eigenvalue weighted by molar-refractivity contribution is 7.92. The van der Waals surface area contributed by atoms with Crippen LogP contribution in [-0.2, 0) is 16.6 Å². The van der Waals surface area contributed by atoms with E-state index in [4.69, 9.17) is 0 Å². The Labute approximate surface area is 185 Å². The molecular formula is C21H22N4O4S2. The summed E-state index contributed by atoms with van der Waals surface area (Å²) in [5.74, 6) is 0. The molecule has 8 nitrogen and oxygen atoms in total. The molecule has 0 fully saturated rings. The predicted molar refractivity (Wildman–Crippen MR) is 117 cm³/mol. The summed E-state index contributed by atoms with van der Waals surface area (Å²) in [5, 5.41) is 20.8. The summed E-state index contributed by atoms with van der Waals surface area (Å²) in [5.41, 5.74) is 0.918. The smallest absolute Gasteiger partial charge is 0.407 e. The summed E-state index contributed by atoms with van der Waals surface area (Å²) in [6.07, 6.45) is 1.78. The van der Waals surface area contributed by atoms with Gasteiger partial charge in [-0.3, -0.25) is 0 Å². The maximum Gasteiger partial charge on any atom is 0.407 e. The van der Waals surface area contributed by atoms with E-state index < -0.39 is 16.1 Å². The lowest BCUT2D eigenvalue weighted by atomic mass is 9.96. The number of nitriles is 1. The Morgan fingerprint density at radius 3 is 2.65 bits per heavy atom. The van der Waals surface area contributed by atoms with Crippen molar-refractivity contribution in [3.8, 4) is 17.3 Å². The molecule has 0 aliphatic carbocycles. The zero-order valence-corrected chi connectivity index (χ0v) is 18.9. The molecule has 0 atom stereocenters. The summed E-state index contributed by atoms with van der Waals surface area (Å²) < 4.78 is 27.8. The molecule has 3 aromatic rings. The third kappa shape index (κ3) is 4.95. The Morgan fingerprint density at radius 2 is 2.06 bits per heavy atom. The van der Waals surface area contributed by atoms with E-state index >= 15 is 0 Å². The molecule has 0 bridgehead atoms. The van der Waals surface area contributed by atoms with Crippen LogP contribution in [0.2, 0.25) is 0 Å². The van der Waals surface area contributed by atoms with E-state index in [0.717, 1.165) is 15.3 Å². The second-order valence-electron chi connectivity index (χ2n) is 8.18. The standard InChI is InChI=1S/C21H22N4O4S2/c1-21(2,3)14-24(20(26)27)12-15-10-18(16-6-4-8-23-17(16)11-22)25(13-15)31(28,29)19-7-5-9-30-19/h4-10,13H,12,14H2,1-3H3,(H,26,27). The molecule has 1 N–H and O–H groups in total. The summed E-state index contributed by atoms with van der Waals surface area (Å²) in [6, 6.07) is 9.97. The summed E-state index contributed by atoms with van der Waals surface area (Å²) >= 11 is 1.08. The molecule has 1 amide bonds. The van der Waals surface area contributed by atoms with Gasteiger partial charge in [0, 0.05) is 24.5 Å². The van der Waals surface area contributed by atoms with E-state index in [1.165, 1.54) is 23.4 Å². The normalized spacial score (nSPS) is 11.8. The first-order valence-corrected chi connectivity index (χ1v) is 11.7. The van der Waals surface area contributed by atoms with Crippen LogP contribution in [0.15, 0.2) is 52.3 Å². The van der Waals surface area contributed by atoms with Crippen molar-refractivity contribution in [1.82, 2.24) is 13.9 Å². The molecule has 0 unspecified atom stereocenters. The average molecular weight is 459 g/mol. The van der Waals surface area contributed by atoms with Gasteiger partial charge in [0.15, 0.2) is 0 Å². The van der Waals surface area contributed by atoms with E-state index in [9.17, 15) is 23.6 Å². The largest absolute Gasteiger partial charge is 0.465 e. The van der Waals surface area contributed by atoms with Crippen LogP contribution in [0.1, 0.15) is 32.0 Å². The SMILES string of the molecule is CC(C)(C)CN(Cc1cc(-c2cccnc2C#N)n(S(=O)(=O)c2cccs2)c1)C(=O)O. The van der Waals surface area contributed by atoms with Gasteiger partial charge in [0.1, 0.15) is 16.0 Å². The van der Waals surface area contributed by atoms with E-state index in [-0.39, 0.29) is 34.1 Å². The lowest BCUT2D eigenvalue weighted by Gasteiger charge is -2.27. The van der Waals surface area contributed by atoms with Gasteiger partial charge in [-0.25, -0.2) is 13.8 Å². The van der Waals surface area contributed by atoms with Gasteiger partial charge >= 0.3 is 6.09 Å². The Hall–Kier alpha value is -3.16. The first-order chi connectivity index (χ1) is 14.5. The number of hydrogen-bond donors (Lipinski definition) is 1. The van der Waals surface area contributed by atoms with Crippen molar-refractivity contribution >= 4 is 27.5 Å². The number of carboxylic acid groups (broad SMARTS) is 1. The van der Waals surface area contributed by atoms with Crippen LogP contribution >= 0.6 is 11.3 Å². The van der Waals surface area contributed by atoms with Crippen molar-refractivity contribution < 1.29 is 18.3 Å². The summed E-state index contributed by atoms with van der Waals surface area (Å²) in [6.45, 7) is 6.06. The number of aromatic nitrogens is 2. The third-order valence-electron chi connectivity index (χ3n) is 4.35. The fraction of sp³-hybridized carbons (Fsp3) is 0.286. The fourth-order valence-corrected chi connectivity index (χ4v) is 5.64. The van der Waals surface area contributed by atoms with E-state index in [0.29, 0.717) is 11.1 Å². The first-order valence-electron chi connectivity index (χ1n) is 9.36. The van der Waals surface area contributed by atoms with Crippen molar-refractivity contribution in [3.05, 3.63) is 59.4 Å². The number of amides is 1. The Kier molecular flexibility index (Phi) is 6.20. The van der Waals surface area contributed by atoms with Gasteiger partial charge < -0.3 is 10.0 Å². The molecule has 0 saturated heterocycles. The van der Waals surface area contributed by atoms with Crippen molar-refractivity contribution in [2.45, 2.75) is 31.5 Å². The van der Waals surface area contributed by atoms with Crippen LogP contribution in [0, 0.1) is 16.7 Å². The molecule has 3 heterocycles. The molecule has 0 aromatic carbocycles. The molecule has 0 radical (unpaired) electrons. The number of nitrogens with zero attached hydrogens (tertiary/aromatic N) is 4. The topological polar surface area (TPSA) is 116 Å². The number of hydrogen-bond acceptors (Lipinski definition) is 6. The van der Waals surface area contributed by atoms with Crippen LogP contribution in [0.3, 0.4) is 0 Å². The Balaban J connectivity index is 2.15. The van der Waals surface area contributed by atoms with Crippen molar-refractivity contribution in [1.29, 1.82) is 5.26 Å². The Morgan fingerprint density at radius 1 is 1.32 bits per heavy atom. The third-order valence-corrected chi connectivity index (χ3v) is 7.40. The second kappa shape index (κ2) is 8.53. The lowest BCUT2D eigenvalue weighted by molar-refractivity contribution is 0.123. The zero-order chi connectivity index (χ0) is 22.8. The molecule has 10 heteroatoms. The maximum absolute atomic E-state index is 13.3. The lowest BCUT2D eigenvalue weighted by Crippen LogP contribution is -2.36. The summed E-state index contributed by atoms with van der Waals surface area (Å²) in [7, 11) is -3.94. The molecule has 0 saturated carbocycles. The van der Waals surface area contributed by atoms with E-state index in [1.54, 1.807) is 29.6 Å². The maximum atomic E-state index is 13.3. The molecule has 0 aliphatic rings. The molecular weight excluding hydrogens is 436 g/mol. The highest BCUT2D eigenvalue weighted by Crippen LogP contribution is 2.31. The van der Waals surface area contributed by atoms with Crippen LogP contribution in [0.4, 0.5) is 4.79 Å². The first kappa shape index (κ1) is 22.5. The minimum atomic E-state index is -3.94. The van der Waals surface area contributed by atoms with Gasteiger partial charge in [0.25, 0.3) is 10.0 Å². The molecule has 162 valence electrons. The van der Waals surface area contributed by atoms with Crippen LogP contribution in [-0.4, -0.2) is 40.0 Å². The van der Waals surface area contributed by atoms with Crippen molar-refractivity contribution in [2.75, 3.05) is 6.54 Å². The number of pyridine rings is 1. The minimum absolute atomic E-state index is 0.00864. The van der Waals surface area contributed by atoms with Crippen LogP contribution in [0.5, 0.6) is 0 Å². The number of rotatable bonds is 6. The van der Waals surface area contributed by atoms with Gasteiger partial charge in [-0.1, -0.05) is 26.8 Å². The molecule has 0 aliphatic heterocycles. The molecule has 3 aromatic heterocycles. The second-order valence-corrected chi connectivity index (χ2v) is 11.2. The highest BCUT2D eigenvalue weighted by atomic mass is 32.2. The van der Waals surface area contributed by atoms with Gasteiger partial charge in [0.05, 0.1) is 12.2 Å². The number of carbonyl (C=O) groups is 1. The molecule has 31 heavy (non-hydrogen) atoms. The quantitative estimate of drug-likeness (QED) is 0.590.